The Morgan fingerprint density at radius 3 is 3.00 bits per heavy atom. The van der Waals surface area contributed by atoms with Crippen LogP contribution in [0.5, 0.6) is 0 Å². The third-order valence-electron chi connectivity index (χ3n) is 4.73. The zero-order chi connectivity index (χ0) is 15.4. The summed E-state index contributed by atoms with van der Waals surface area (Å²) in [6.07, 6.45) is 6.09. The first-order valence-corrected chi connectivity index (χ1v) is 9.27. The number of thiophene rings is 1. The van der Waals surface area contributed by atoms with Gasteiger partial charge in [-0.15, -0.1) is 11.3 Å². The van der Waals surface area contributed by atoms with E-state index >= 15 is 0 Å². The molecule has 2 aliphatic rings. The summed E-state index contributed by atoms with van der Waals surface area (Å²) in [7, 11) is 0. The van der Waals surface area contributed by atoms with Gasteiger partial charge >= 0.3 is 0 Å². The third kappa shape index (κ3) is 3.70. The number of amides is 1. The van der Waals surface area contributed by atoms with Gasteiger partial charge in [-0.25, -0.2) is 0 Å². The number of nitrogens with zero attached hydrogens (tertiary/aromatic N) is 1. The number of likely N-dealkylation sites (tertiary alicyclic amines) is 1. The van der Waals surface area contributed by atoms with Gasteiger partial charge < -0.3 is 14.7 Å². The summed E-state index contributed by atoms with van der Waals surface area (Å²) in [6, 6.07) is 4.07. The van der Waals surface area contributed by atoms with Crippen LogP contribution in [0.3, 0.4) is 0 Å². The lowest BCUT2D eigenvalue weighted by molar-refractivity contribution is -0.143. The predicted octanol–water partition coefficient (Wildman–Crippen LogP) is 3.12. The fourth-order valence-electron chi connectivity index (χ4n) is 3.52. The maximum Gasteiger partial charge on any atom is 0.251 e. The first kappa shape index (κ1) is 16.0. The van der Waals surface area contributed by atoms with Crippen LogP contribution in [0.4, 0.5) is 0 Å². The van der Waals surface area contributed by atoms with Crippen LogP contribution in [-0.2, 0) is 9.53 Å². The second kappa shape index (κ2) is 7.57. The van der Waals surface area contributed by atoms with Crippen molar-refractivity contribution < 1.29 is 14.6 Å². The molecule has 3 rings (SSSR count). The summed E-state index contributed by atoms with van der Waals surface area (Å²) in [4.78, 5) is 15.7. The molecule has 22 heavy (non-hydrogen) atoms. The average Bonchev–Trinajstić information content (AvgIpc) is 3.18. The van der Waals surface area contributed by atoms with Gasteiger partial charge in [0.25, 0.3) is 5.91 Å². The molecule has 1 aromatic heterocycles. The normalized spacial score (nSPS) is 27.6. The lowest BCUT2D eigenvalue weighted by Gasteiger charge is -2.33. The third-order valence-corrected chi connectivity index (χ3v) is 5.71. The molecule has 0 bridgehead atoms. The van der Waals surface area contributed by atoms with Crippen LogP contribution in [0.15, 0.2) is 17.5 Å². The molecule has 1 amide bonds. The smallest absolute Gasteiger partial charge is 0.251 e. The summed E-state index contributed by atoms with van der Waals surface area (Å²) < 4.78 is 5.58. The number of aliphatic hydroxyl groups is 1. The molecule has 2 aliphatic heterocycles. The van der Waals surface area contributed by atoms with Gasteiger partial charge in [-0.1, -0.05) is 18.9 Å². The molecule has 4 nitrogen and oxygen atoms in total. The largest absolute Gasteiger partial charge is 0.387 e. The Morgan fingerprint density at radius 1 is 1.36 bits per heavy atom. The van der Waals surface area contributed by atoms with E-state index in [-0.39, 0.29) is 18.1 Å². The highest BCUT2D eigenvalue weighted by atomic mass is 32.1. The van der Waals surface area contributed by atoms with Crippen molar-refractivity contribution in [2.24, 2.45) is 0 Å². The summed E-state index contributed by atoms with van der Waals surface area (Å²) in [6.45, 7) is 1.51. The molecule has 2 saturated heterocycles. The zero-order valence-electron chi connectivity index (χ0n) is 12.9. The Morgan fingerprint density at radius 2 is 2.27 bits per heavy atom. The lowest BCUT2D eigenvalue weighted by Crippen LogP contribution is -2.45. The number of carbonyl (C=O) groups is 1. The van der Waals surface area contributed by atoms with E-state index in [0.29, 0.717) is 13.0 Å². The predicted molar refractivity (Wildman–Crippen MR) is 86.8 cm³/mol. The molecule has 0 saturated carbocycles. The summed E-state index contributed by atoms with van der Waals surface area (Å²) in [5.41, 5.74) is 0. The van der Waals surface area contributed by atoms with Gasteiger partial charge in [-0.3, -0.25) is 4.79 Å². The number of ether oxygens (including phenoxy) is 1. The lowest BCUT2D eigenvalue weighted by atomic mass is 10.0. The molecule has 2 fully saturated rings. The van der Waals surface area contributed by atoms with Gasteiger partial charge in [0.2, 0.25) is 0 Å². The minimum absolute atomic E-state index is 0.135. The zero-order valence-corrected chi connectivity index (χ0v) is 13.8. The second-order valence-electron chi connectivity index (χ2n) is 6.30. The van der Waals surface area contributed by atoms with Gasteiger partial charge in [0.05, 0.1) is 6.10 Å². The van der Waals surface area contributed by atoms with Crippen LogP contribution < -0.4 is 0 Å². The maximum atomic E-state index is 12.8. The molecule has 1 aromatic rings. The van der Waals surface area contributed by atoms with Gasteiger partial charge in [-0.05, 0) is 43.6 Å². The maximum absolute atomic E-state index is 12.8. The summed E-state index contributed by atoms with van der Waals surface area (Å²) in [5, 5.41) is 12.4. The number of aliphatic hydroxyl groups excluding tert-OH is 1. The number of rotatable bonds is 4. The van der Waals surface area contributed by atoms with Crippen molar-refractivity contribution in [1.29, 1.82) is 0 Å². The van der Waals surface area contributed by atoms with Crippen molar-refractivity contribution in [3.8, 4) is 0 Å². The van der Waals surface area contributed by atoms with E-state index in [4.69, 9.17) is 4.74 Å². The van der Waals surface area contributed by atoms with Gasteiger partial charge in [0.15, 0.2) is 0 Å². The molecule has 0 unspecified atom stereocenters. The molecule has 0 spiro atoms. The standard InChI is InChI=1S/C17H25NO3S/c19-14(16-8-5-11-22-16)12-13-6-2-1-3-9-18(13)17(20)15-7-4-10-21-15/h5,8,11,13-15,19H,1-4,6-7,9-10,12H2/t13-,14-,15+/m1/s1. The molecule has 122 valence electrons. The Balaban J connectivity index is 1.68. The molecule has 3 heterocycles. The van der Waals surface area contributed by atoms with Crippen molar-refractivity contribution >= 4 is 17.2 Å². The Hall–Kier alpha value is -0.910. The van der Waals surface area contributed by atoms with E-state index in [1.165, 1.54) is 6.42 Å². The molecule has 1 N–H and O–H groups in total. The van der Waals surface area contributed by atoms with E-state index in [1.807, 2.05) is 22.4 Å². The first-order chi connectivity index (χ1) is 10.8. The minimum Gasteiger partial charge on any atom is -0.387 e. The van der Waals surface area contributed by atoms with Crippen LogP contribution in [0.2, 0.25) is 0 Å². The van der Waals surface area contributed by atoms with Crippen LogP contribution >= 0.6 is 11.3 Å². The number of hydrogen-bond acceptors (Lipinski definition) is 4. The van der Waals surface area contributed by atoms with Crippen molar-refractivity contribution in [3.05, 3.63) is 22.4 Å². The SMILES string of the molecule is O=C([C@@H]1CCCO1)N1CCCCC[C@@H]1C[C@@H](O)c1cccs1. The molecule has 3 atom stereocenters. The van der Waals surface area contributed by atoms with Crippen molar-refractivity contribution in [1.82, 2.24) is 4.90 Å². The van der Waals surface area contributed by atoms with E-state index in [0.717, 1.165) is 43.5 Å². The molecular formula is C17H25NO3S. The van der Waals surface area contributed by atoms with E-state index in [1.54, 1.807) is 11.3 Å². The summed E-state index contributed by atoms with van der Waals surface area (Å²) >= 11 is 1.58. The average molecular weight is 323 g/mol. The molecule has 0 aliphatic carbocycles. The Bertz CT molecular complexity index is 470. The highest BCUT2D eigenvalue weighted by Gasteiger charge is 2.34. The fraction of sp³-hybridized carbons (Fsp3) is 0.706. The van der Waals surface area contributed by atoms with Gasteiger partial charge in [0.1, 0.15) is 6.10 Å². The van der Waals surface area contributed by atoms with Gasteiger partial charge in [-0.2, -0.15) is 0 Å². The monoisotopic (exact) mass is 323 g/mol. The topological polar surface area (TPSA) is 49.8 Å². The second-order valence-corrected chi connectivity index (χ2v) is 7.28. The van der Waals surface area contributed by atoms with Crippen molar-refractivity contribution in [2.75, 3.05) is 13.2 Å². The van der Waals surface area contributed by atoms with Crippen LogP contribution in [0.1, 0.15) is 55.9 Å². The first-order valence-electron chi connectivity index (χ1n) is 8.39. The molecule has 0 aromatic carbocycles. The number of carbonyl (C=O) groups excluding carboxylic acids is 1. The van der Waals surface area contributed by atoms with Crippen molar-refractivity contribution in [3.63, 3.8) is 0 Å². The van der Waals surface area contributed by atoms with E-state index in [2.05, 4.69) is 0 Å². The molecule has 0 radical (unpaired) electrons. The van der Waals surface area contributed by atoms with Crippen LogP contribution in [-0.4, -0.2) is 41.2 Å². The minimum atomic E-state index is -0.470. The Kier molecular flexibility index (Phi) is 5.50. The van der Waals surface area contributed by atoms with Crippen LogP contribution in [0.25, 0.3) is 0 Å². The quantitative estimate of drug-likeness (QED) is 0.926. The molecular weight excluding hydrogens is 298 g/mol. The summed E-state index contributed by atoms with van der Waals surface area (Å²) in [5.74, 6) is 0.141. The molecule has 5 heteroatoms. The highest BCUT2D eigenvalue weighted by Crippen LogP contribution is 2.30. The fourth-order valence-corrected chi connectivity index (χ4v) is 4.25. The Labute approximate surface area is 136 Å². The van der Waals surface area contributed by atoms with Crippen molar-refractivity contribution in [2.45, 2.75) is 63.2 Å². The van der Waals surface area contributed by atoms with E-state index < -0.39 is 6.10 Å². The van der Waals surface area contributed by atoms with E-state index in [9.17, 15) is 9.90 Å². The highest BCUT2D eigenvalue weighted by molar-refractivity contribution is 7.10. The number of hydrogen-bond donors (Lipinski definition) is 1. The van der Waals surface area contributed by atoms with Crippen LogP contribution in [0, 0.1) is 0 Å². The van der Waals surface area contributed by atoms with Gasteiger partial charge in [0, 0.05) is 24.1 Å².